The van der Waals surface area contributed by atoms with Crippen LogP contribution < -0.4 is 5.73 Å². The van der Waals surface area contributed by atoms with Crippen LogP contribution in [0.25, 0.3) is 0 Å². The Kier molecular flexibility index (Phi) is 7.79. The second-order valence-corrected chi connectivity index (χ2v) is 4.40. The Morgan fingerprint density at radius 1 is 1.12 bits per heavy atom. The molecule has 0 rings (SSSR count). The van der Waals surface area contributed by atoms with Crippen LogP contribution >= 0.6 is 0 Å². The van der Waals surface area contributed by atoms with Crippen LogP contribution in [-0.4, -0.2) is 36.8 Å². The van der Waals surface area contributed by atoms with Gasteiger partial charge in [0.15, 0.2) is 0 Å². The molecule has 0 aliphatic heterocycles. The maximum atomic E-state index is 12.9. The van der Waals surface area contributed by atoms with Crippen molar-refractivity contribution in [1.29, 1.82) is 0 Å². The topological polar surface area (TPSA) is 29.3 Å². The van der Waals surface area contributed by atoms with Gasteiger partial charge in [-0.25, -0.2) is 0 Å². The molecule has 0 fully saturated rings. The lowest BCUT2D eigenvalue weighted by Gasteiger charge is -2.34. The molecule has 17 heavy (non-hydrogen) atoms. The highest BCUT2D eigenvalue weighted by Gasteiger charge is 2.42. The van der Waals surface area contributed by atoms with E-state index in [2.05, 4.69) is 0 Å². The number of hydrogen-bond acceptors (Lipinski definition) is 2. The van der Waals surface area contributed by atoms with Gasteiger partial charge >= 0.3 is 6.18 Å². The second-order valence-electron chi connectivity index (χ2n) is 4.40. The first-order chi connectivity index (χ1) is 7.90. The zero-order valence-electron chi connectivity index (χ0n) is 11.1. The Labute approximate surface area is 102 Å². The summed E-state index contributed by atoms with van der Waals surface area (Å²) < 4.78 is 38.7. The third-order valence-electron chi connectivity index (χ3n) is 3.31. The van der Waals surface area contributed by atoms with Crippen LogP contribution in [0.4, 0.5) is 13.2 Å². The van der Waals surface area contributed by atoms with Gasteiger partial charge < -0.3 is 5.73 Å². The molecule has 0 bridgehead atoms. The highest BCUT2D eigenvalue weighted by atomic mass is 19.4. The molecule has 0 amide bonds. The van der Waals surface area contributed by atoms with Crippen molar-refractivity contribution in [3.05, 3.63) is 0 Å². The van der Waals surface area contributed by atoms with Gasteiger partial charge in [0.1, 0.15) is 6.04 Å². The molecule has 2 nitrogen and oxygen atoms in total. The van der Waals surface area contributed by atoms with Crippen molar-refractivity contribution in [3.8, 4) is 0 Å². The summed E-state index contributed by atoms with van der Waals surface area (Å²) in [6, 6.07) is -1.39. The molecule has 0 aromatic rings. The number of nitrogens with zero attached hydrogens (tertiary/aromatic N) is 1. The van der Waals surface area contributed by atoms with Crippen molar-refractivity contribution >= 4 is 0 Å². The molecule has 0 saturated carbocycles. The molecule has 0 aromatic carbocycles. The summed E-state index contributed by atoms with van der Waals surface area (Å²) in [4.78, 5) is 1.52. The third kappa shape index (κ3) is 5.73. The van der Waals surface area contributed by atoms with Crippen LogP contribution in [0.3, 0.4) is 0 Å². The van der Waals surface area contributed by atoms with Crippen LogP contribution in [0.1, 0.15) is 40.0 Å². The van der Waals surface area contributed by atoms with Gasteiger partial charge in [-0.2, -0.15) is 13.2 Å². The van der Waals surface area contributed by atoms with Crippen LogP contribution in [0.15, 0.2) is 0 Å². The molecule has 1 atom stereocenters. The number of hydrogen-bond donors (Lipinski definition) is 1. The first-order valence-corrected chi connectivity index (χ1v) is 6.41. The van der Waals surface area contributed by atoms with E-state index in [1.54, 1.807) is 6.92 Å². The molecule has 0 radical (unpaired) electrons. The maximum Gasteiger partial charge on any atom is 0.404 e. The average Bonchev–Trinajstić information content (AvgIpc) is 2.27. The number of rotatable bonds is 8. The first-order valence-electron chi connectivity index (χ1n) is 6.41. The lowest BCUT2D eigenvalue weighted by atomic mass is 10.0. The van der Waals surface area contributed by atoms with Gasteiger partial charge in [-0.1, -0.05) is 33.6 Å². The molecule has 1 unspecified atom stereocenters. The summed E-state index contributed by atoms with van der Waals surface area (Å²) in [7, 11) is 0. The van der Waals surface area contributed by atoms with E-state index in [0.717, 1.165) is 12.8 Å². The van der Waals surface area contributed by atoms with E-state index in [1.807, 2.05) is 13.8 Å². The number of alkyl halides is 3. The van der Waals surface area contributed by atoms with Gasteiger partial charge in [0, 0.05) is 6.54 Å². The molecule has 0 saturated heterocycles. The summed E-state index contributed by atoms with van der Waals surface area (Å²) in [6.07, 6.45) is -2.36. The van der Waals surface area contributed by atoms with Gasteiger partial charge in [-0.05, 0) is 25.4 Å². The minimum atomic E-state index is -4.18. The van der Waals surface area contributed by atoms with Crippen molar-refractivity contribution < 1.29 is 13.2 Å². The average molecular weight is 254 g/mol. The van der Waals surface area contributed by atoms with E-state index in [4.69, 9.17) is 5.73 Å². The number of halogens is 3. The smallest absolute Gasteiger partial charge is 0.330 e. The summed E-state index contributed by atoms with van der Waals surface area (Å²) in [5.41, 5.74) is 5.29. The van der Waals surface area contributed by atoms with Gasteiger partial charge in [-0.3, -0.25) is 4.90 Å². The summed E-state index contributed by atoms with van der Waals surface area (Å²) in [6.45, 7) is 6.82. The largest absolute Gasteiger partial charge is 0.404 e. The second kappa shape index (κ2) is 7.93. The Morgan fingerprint density at radius 2 is 1.65 bits per heavy atom. The van der Waals surface area contributed by atoms with Crippen molar-refractivity contribution in [1.82, 2.24) is 4.90 Å². The predicted octanol–water partition coefficient (Wildman–Crippen LogP) is 3.02. The number of nitrogens with two attached hydrogens (primary N) is 1. The molecule has 104 valence electrons. The lowest BCUT2D eigenvalue weighted by Crippen LogP contribution is -2.48. The van der Waals surface area contributed by atoms with Crippen molar-refractivity contribution in [2.75, 3.05) is 19.6 Å². The van der Waals surface area contributed by atoms with Crippen LogP contribution in [0.5, 0.6) is 0 Å². The Morgan fingerprint density at radius 3 is 1.94 bits per heavy atom. The SMILES string of the molecule is CCC(CC)CN(CC)C(CCN)C(F)(F)F. The van der Waals surface area contributed by atoms with Crippen molar-refractivity contribution in [2.45, 2.75) is 52.3 Å². The third-order valence-corrected chi connectivity index (χ3v) is 3.31. The molecular weight excluding hydrogens is 229 g/mol. The molecule has 0 heterocycles. The van der Waals surface area contributed by atoms with Crippen LogP contribution in [-0.2, 0) is 0 Å². The Hall–Kier alpha value is -0.290. The highest BCUT2D eigenvalue weighted by Crippen LogP contribution is 2.28. The van der Waals surface area contributed by atoms with Gasteiger partial charge in [0.25, 0.3) is 0 Å². The monoisotopic (exact) mass is 254 g/mol. The molecule has 2 N–H and O–H groups in total. The molecule has 0 aliphatic carbocycles. The van der Waals surface area contributed by atoms with E-state index < -0.39 is 12.2 Å². The lowest BCUT2D eigenvalue weighted by molar-refractivity contribution is -0.186. The van der Waals surface area contributed by atoms with Gasteiger partial charge in [0.05, 0.1) is 0 Å². The molecule has 0 aliphatic rings. The van der Waals surface area contributed by atoms with Gasteiger partial charge in [-0.15, -0.1) is 0 Å². The van der Waals surface area contributed by atoms with Crippen LogP contribution in [0.2, 0.25) is 0 Å². The minimum absolute atomic E-state index is 0.0164. The first kappa shape index (κ1) is 16.7. The molecule has 5 heteroatoms. The van der Waals surface area contributed by atoms with Crippen LogP contribution in [0, 0.1) is 5.92 Å². The zero-order chi connectivity index (χ0) is 13.5. The van der Waals surface area contributed by atoms with E-state index in [1.165, 1.54) is 4.90 Å². The summed E-state index contributed by atoms with van der Waals surface area (Å²) in [5.74, 6) is 0.331. The quantitative estimate of drug-likeness (QED) is 0.721. The molecular formula is C12H25F3N2. The Balaban J connectivity index is 4.66. The summed E-state index contributed by atoms with van der Waals surface area (Å²) in [5, 5.41) is 0. The van der Waals surface area contributed by atoms with Gasteiger partial charge in [0.2, 0.25) is 0 Å². The Bertz CT molecular complexity index is 191. The van der Waals surface area contributed by atoms with Crippen molar-refractivity contribution in [2.24, 2.45) is 11.7 Å². The fraction of sp³-hybridized carbons (Fsp3) is 1.00. The minimum Gasteiger partial charge on any atom is -0.330 e. The normalized spacial score (nSPS) is 14.6. The molecule has 0 aromatic heterocycles. The van der Waals surface area contributed by atoms with E-state index in [-0.39, 0.29) is 13.0 Å². The highest BCUT2D eigenvalue weighted by molar-refractivity contribution is 4.80. The zero-order valence-corrected chi connectivity index (χ0v) is 11.1. The van der Waals surface area contributed by atoms with Crippen molar-refractivity contribution in [3.63, 3.8) is 0 Å². The fourth-order valence-electron chi connectivity index (χ4n) is 2.07. The summed E-state index contributed by atoms with van der Waals surface area (Å²) >= 11 is 0. The standard InChI is InChI=1S/C12H25F3N2/c1-4-10(5-2)9-17(6-3)11(7-8-16)12(13,14)15/h10-11H,4-9,16H2,1-3H3. The predicted molar refractivity (Wildman–Crippen MR) is 64.8 cm³/mol. The maximum absolute atomic E-state index is 12.9. The molecule has 0 spiro atoms. The fourth-order valence-corrected chi connectivity index (χ4v) is 2.07. The van der Waals surface area contributed by atoms with E-state index >= 15 is 0 Å². The van der Waals surface area contributed by atoms with E-state index in [9.17, 15) is 13.2 Å². The van der Waals surface area contributed by atoms with E-state index in [0.29, 0.717) is 19.0 Å².